The quantitative estimate of drug-likeness (QED) is 0.310. The Morgan fingerprint density at radius 2 is 1.68 bits per heavy atom. The number of halogens is 1. The minimum atomic E-state index is -0.905. The van der Waals surface area contributed by atoms with Crippen molar-refractivity contribution in [1.82, 2.24) is 9.88 Å². The molecule has 0 aliphatic heterocycles. The predicted molar refractivity (Wildman–Crippen MR) is 154 cm³/mol. The van der Waals surface area contributed by atoms with E-state index >= 15 is 0 Å². The van der Waals surface area contributed by atoms with Crippen molar-refractivity contribution in [1.29, 1.82) is 0 Å². The van der Waals surface area contributed by atoms with E-state index in [4.69, 9.17) is 4.74 Å². The number of rotatable bonds is 10. The van der Waals surface area contributed by atoms with E-state index in [0.29, 0.717) is 11.4 Å². The Balaban J connectivity index is 1.46. The van der Waals surface area contributed by atoms with E-state index in [1.165, 1.54) is 35.4 Å². The van der Waals surface area contributed by atoms with Gasteiger partial charge in [-0.3, -0.25) is 19.2 Å². The lowest BCUT2D eigenvalue weighted by atomic mass is 10.0. The van der Waals surface area contributed by atoms with Gasteiger partial charge in [0, 0.05) is 42.7 Å². The summed E-state index contributed by atoms with van der Waals surface area (Å²) in [7, 11) is 3.17. The molecule has 41 heavy (non-hydrogen) atoms. The van der Waals surface area contributed by atoms with Gasteiger partial charge in [-0.1, -0.05) is 36.4 Å². The van der Waals surface area contributed by atoms with Gasteiger partial charge in [0.2, 0.25) is 11.8 Å². The third kappa shape index (κ3) is 7.66. The summed E-state index contributed by atoms with van der Waals surface area (Å²) >= 11 is 0. The van der Waals surface area contributed by atoms with Crippen LogP contribution in [0.3, 0.4) is 0 Å². The van der Waals surface area contributed by atoms with Crippen molar-refractivity contribution in [2.24, 2.45) is 0 Å². The molecule has 0 aliphatic rings. The maximum atomic E-state index is 13.5. The molecule has 10 heteroatoms. The lowest BCUT2D eigenvalue weighted by Crippen LogP contribution is -2.50. The van der Waals surface area contributed by atoms with Gasteiger partial charge in [0.15, 0.2) is 0 Å². The van der Waals surface area contributed by atoms with Crippen molar-refractivity contribution in [3.05, 3.63) is 124 Å². The normalized spacial score (nSPS) is 11.3. The van der Waals surface area contributed by atoms with E-state index < -0.39 is 29.2 Å². The topological polar surface area (TPSA) is 110 Å². The Hall–Kier alpha value is -5.25. The maximum absolute atomic E-state index is 13.5. The number of pyridine rings is 1. The van der Waals surface area contributed by atoms with Gasteiger partial charge in [-0.2, -0.15) is 0 Å². The lowest BCUT2D eigenvalue weighted by Gasteiger charge is -2.25. The van der Waals surface area contributed by atoms with Crippen molar-refractivity contribution >= 4 is 29.1 Å². The number of hydrogen-bond acceptors (Lipinski definition) is 5. The Morgan fingerprint density at radius 3 is 2.34 bits per heavy atom. The summed E-state index contributed by atoms with van der Waals surface area (Å²) in [6, 6.07) is 23.1. The van der Waals surface area contributed by atoms with Gasteiger partial charge in [-0.15, -0.1) is 0 Å². The second-order valence-electron chi connectivity index (χ2n) is 9.25. The molecular weight excluding hydrogens is 527 g/mol. The molecule has 1 aromatic heterocycles. The average molecular weight is 557 g/mol. The molecule has 3 amide bonds. The molecule has 0 saturated carbocycles. The van der Waals surface area contributed by atoms with Gasteiger partial charge < -0.3 is 24.8 Å². The number of methoxy groups -OCH3 is 1. The number of nitrogens with zero attached hydrogens (tertiary/aromatic N) is 2. The van der Waals surface area contributed by atoms with Gasteiger partial charge in [0.25, 0.3) is 11.5 Å². The Kier molecular flexibility index (Phi) is 9.26. The summed E-state index contributed by atoms with van der Waals surface area (Å²) in [6.07, 6.45) is 1.60. The van der Waals surface area contributed by atoms with Gasteiger partial charge in [0.1, 0.15) is 24.2 Å². The Morgan fingerprint density at radius 1 is 0.951 bits per heavy atom. The molecule has 0 saturated heterocycles. The number of ether oxygens (including phenoxy) is 1. The van der Waals surface area contributed by atoms with Gasteiger partial charge in [-0.05, 0) is 54.1 Å². The van der Waals surface area contributed by atoms with Crippen LogP contribution in [-0.2, 0) is 22.6 Å². The first kappa shape index (κ1) is 28.8. The summed E-state index contributed by atoms with van der Waals surface area (Å²) in [5, 5.41) is 5.31. The summed E-state index contributed by atoms with van der Waals surface area (Å²) < 4.78 is 19.8. The molecule has 1 heterocycles. The van der Waals surface area contributed by atoms with Crippen LogP contribution in [0, 0.1) is 5.82 Å². The van der Waals surface area contributed by atoms with E-state index in [-0.39, 0.29) is 30.1 Å². The highest BCUT2D eigenvalue weighted by atomic mass is 19.1. The molecule has 0 bridgehead atoms. The Labute approximate surface area is 236 Å². The van der Waals surface area contributed by atoms with Crippen LogP contribution in [0.5, 0.6) is 5.75 Å². The van der Waals surface area contributed by atoms with Crippen molar-refractivity contribution < 1.29 is 23.5 Å². The fourth-order valence-electron chi connectivity index (χ4n) is 4.16. The summed E-state index contributed by atoms with van der Waals surface area (Å²) in [5.74, 6) is -1.37. The molecule has 0 aliphatic carbocycles. The standard InChI is InChI=1S/C31H29FN4O5/c1-35(25-11-13-26(41-2)14-12-25)31(40)27(17-21-7-4-3-5-8-21)34-28(37)20-36-16-15-24(19-29(36)38)33-30(39)22-9-6-10-23(32)18-22/h3-16,18-19,27H,17,20H2,1-2H3,(H,33,39)(H,34,37)/t27-/m0/s1. The van der Waals surface area contributed by atoms with Crippen LogP contribution in [0.25, 0.3) is 0 Å². The van der Waals surface area contributed by atoms with Crippen LogP contribution < -0.4 is 25.8 Å². The van der Waals surface area contributed by atoms with Crippen LogP contribution in [0.15, 0.2) is 102 Å². The summed E-state index contributed by atoms with van der Waals surface area (Å²) in [6.45, 7) is -0.345. The molecule has 0 fully saturated rings. The number of carbonyl (C=O) groups excluding carboxylic acids is 3. The largest absolute Gasteiger partial charge is 0.497 e. The van der Waals surface area contributed by atoms with Crippen LogP contribution in [0.1, 0.15) is 15.9 Å². The SMILES string of the molecule is COc1ccc(N(C)C(=O)[C@H](Cc2ccccc2)NC(=O)Cn2ccc(NC(=O)c3cccc(F)c3)cc2=O)cc1. The second kappa shape index (κ2) is 13.2. The van der Waals surface area contributed by atoms with Crippen molar-refractivity contribution in [2.45, 2.75) is 19.0 Å². The Bertz CT molecular complexity index is 1590. The van der Waals surface area contributed by atoms with Crippen molar-refractivity contribution in [3.8, 4) is 5.75 Å². The number of hydrogen-bond donors (Lipinski definition) is 2. The minimum absolute atomic E-state index is 0.0993. The molecule has 0 radical (unpaired) electrons. The highest BCUT2D eigenvalue weighted by Gasteiger charge is 2.25. The van der Waals surface area contributed by atoms with Crippen molar-refractivity contribution in [3.63, 3.8) is 0 Å². The fraction of sp³-hybridized carbons (Fsp3) is 0.161. The van der Waals surface area contributed by atoms with E-state index in [0.717, 1.165) is 22.3 Å². The molecular formula is C31H29FN4O5. The monoisotopic (exact) mass is 556 g/mol. The molecule has 0 unspecified atom stereocenters. The third-order valence-electron chi connectivity index (χ3n) is 6.36. The number of amides is 3. The lowest BCUT2D eigenvalue weighted by molar-refractivity contribution is -0.127. The minimum Gasteiger partial charge on any atom is -0.497 e. The molecule has 3 aromatic carbocycles. The molecule has 0 spiro atoms. The van der Waals surface area contributed by atoms with Crippen LogP contribution in [0.4, 0.5) is 15.8 Å². The predicted octanol–water partition coefficient (Wildman–Crippen LogP) is 3.64. The van der Waals surface area contributed by atoms with E-state index in [9.17, 15) is 23.6 Å². The first-order valence-electron chi connectivity index (χ1n) is 12.8. The zero-order chi connectivity index (χ0) is 29.4. The third-order valence-corrected chi connectivity index (χ3v) is 6.36. The van der Waals surface area contributed by atoms with Crippen LogP contribution >= 0.6 is 0 Å². The zero-order valence-electron chi connectivity index (χ0n) is 22.5. The molecule has 4 aromatic rings. The molecule has 1 atom stereocenters. The number of carbonyl (C=O) groups is 3. The molecule has 9 nitrogen and oxygen atoms in total. The average Bonchev–Trinajstić information content (AvgIpc) is 2.98. The molecule has 210 valence electrons. The van der Waals surface area contributed by atoms with Crippen molar-refractivity contribution in [2.75, 3.05) is 24.4 Å². The first-order valence-corrected chi connectivity index (χ1v) is 12.8. The second-order valence-corrected chi connectivity index (χ2v) is 9.25. The van der Waals surface area contributed by atoms with E-state index in [1.54, 1.807) is 38.4 Å². The highest BCUT2D eigenvalue weighted by molar-refractivity contribution is 6.04. The van der Waals surface area contributed by atoms with Crippen LogP contribution in [0.2, 0.25) is 0 Å². The number of benzene rings is 3. The summed E-state index contributed by atoms with van der Waals surface area (Å²) in [4.78, 5) is 53.0. The highest BCUT2D eigenvalue weighted by Crippen LogP contribution is 2.19. The first-order chi connectivity index (χ1) is 19.7. The number of anilines is 2. The molecule has 2 N–H and O–H groups in total. The fourth-order valence-corrected chi connectivity index (χ4v) is 4.16. The number of aromatic nitrogens is 1. The van der Waals surface area contributed by atoms with Gasteiger partial charge in [-0.25, -0.2) is 4.39 Å². The van der Waals surface area contributed by atoms with Gasteiger partial charge in [0.05, 0.1) is 7.11 Å². The van der Waals surface area contributed by atoms with E-state index in [2.05, 4.69) is 10.6 Å². The smallest absolute Gasteiger partial charge is 0.255 e. The maximum Gasteiger partial charge on any atom is 0.255 e. The number of likely N-dealkylation sites (N-methyl/N-ethyl adjacent to an activating group) is 1. The summed E-state index contributed by atoms with van der Waals surface area (Å²) in [5.41, 5.74) is 1.22. The van der Waals surface area contributed by atoms with E-state index in [1.807, 2.05) is 30.3 Å². The van der Waals surface area contributed by atoms with Crippen LogP contribution in [-0.4, -0.2) is 42.5 Å². The zero-order valence-corrected chi connectivity index (χ0v) is 22.5. The van der Waals surface area contributed by atoms with Gasteiger partial charge >= 0.3 is 0 Å². The molecule has 4 rings (SSSR count). The number of nitrogens with one attached hydrogen (secondary N) is 2.